The van der Waals surface area contributed by atoms with Gasteiger partial charge in [-0.05, 0) is 64.6 Å². The lowest BCUT2D eigenvalue weighted by molar-refractivity contribution is 0.836. The van der Waals surface area contributed by atoms with Crippen molar-refractivity contribution in [3.8, 4) is 6.07 Å². The van der Waals surface area contributed by atoms with E-state index in [1.165, 1.54) is 10.9 Å². The molecule has 0 bridgehead atoms. The quantitative estimate of drug-likeness (QED) is 0.296. The molecule has 32 heavy (non-hydrogen) atoms. The van der Waals surface area contributed by atoms with Crippen molar-refractivity contribution in [2.75, 3.05) is 0 Å². The van der Waals surface area contributed by atoms with Gasteiger partial charge < -0.3 is 4.57 Å². The van der Waals surface area contributed by atoms with Crippen LogP contribution >= 0.6 is 11.6 Å². The molecule has 0 atom stereocenters. The number of nitrogens with zero attached hydrogens (tertiary/aromatic N) is 3. The van der Waals surface area contributed by atoms with Crippen LogP contribution in [0.5, 0.6) is 0 Å². The molecule has 154 valence electrons. The van der Waals surface area contributed by atoms with Gasteiger partial charge in [0.2, 0.25) is 0 Å². The number of fused-ring (bicyclic) bond motifs is 2. The molecule has 5 aromatic rings. The maximum Gasteiger partial charge on any atom is 0.0724 e. The lowest BCUT2D eigenvalue weighted by Gasteiger charge is -2.08. The topological polar surface area (TPSA) is 41.6 Å². The molecular weight excluding hydrogens is 414 g/mol. The summed E-state index contributed by atoms with van der Waals surface area (Å²) in [6, 6.07) is 28.9. The first-order valence-electron chi connectivity index (χ1n) is 10.5. The van der Waals surface area contributed by atoms with Crippen LogP contribution < -0.4 is 0 Å². The van der Waals surface area contributed by atoms with E-state index >= 15 is 0 Å². The lowest BCUT2D eigenvalue weighted by atomic mass is 10.1. The van der Waals surface area contributed by atoms with Crippen LogP contribution in [-0.4, -0.2) is 9.55 Å². The third kappa shape index (κ3) is 4.27. The normalized spacial score (nSPS) is 11.4. The van der Waals surface area contributed by atoms with Crippen LogP contribution in [0.3, 0.4) is 0 Å². The fourth-order valence-electron chi connectivity index (χ4n) is 3.94. The molecule has 0 fully saturated rings. The Morgan fingerprint density at radius 2 is 1.75 bits per heavy atom. The Balaban J connectivity index is 1.39. The van der Waals surface area contributed by atoms with E-state index in [9.17, 15) is 0 Å². The molecule has 0 amide bonds. The minimum Gasteiger partial charge on any atom is -0.343 e. The number of halogens is 1. The summed E-state index contributed by atoms with van der Waals surface area (Å²) < 4.78 is 2.23. The van der Waals surface area contributed by atoms with Crippen LogP contribution in [0.4, 0.5) is 0 Å². The van der Waals surface area contributed by atoms with Crippen molar-refractivity contribution in [3.05, 3.63) is 112 Å². The van der Waals surface area contributed by atoms with Crippen molar-refractivity contribution in [1.82, 2.24) is 9.55 Å². The van der Waals surface area contributed by atoms with E-state index in [-0.39, 0.29) is 0 Å². The van der Waals surface area contributed by atoms with Crippen molar-refractivity contribution in [2.45, 2.75) is 13.0 Å². The molecule has 0 N–H and O–H groups in total. The number of hydrogen-bond donors (Lipinski definition) is 0. The summed E-state index contributed by atoms with van der Waals surface area (Å²) in [6.45, 7) is 0.772. The van der Waals surface area contributed by atoms with Gasteiger partial charge in [-0.15, -0.1) is 0 Å². The Morgan fingerprint density at radius 1 is 0.875 bits per heavy atom. The van der Waals surface area contributed by atoms with Crippen LogP contribution in [0.25, 0.3) is 34.0 Å². The van der Waals surface area contributed by atoms with E-state index in [1.807, 2.05) is 36.4 Å². The summed E-state index contributed by atoms with van der Waals surface area (Å²) in [5.74, 6) is 0. The number of benzene rings is 3. The molecule has 0 saturated carbocycles. The van der Waals surface area contributed by atoms with Crippen molar-refractivity contribution in [3.63, 3.8) is 0 Å². The van der Waals surface area contributed by atoms with Crippen molar-refractivity contribution in [2.24, 2.45) is 0 Å². The van der Waals surface area contributed by atoms with E-state index in [0.717, 1.165) is 39.8 Å². The summed E-state index contributed by atoms with van der Waals surface area (Å²) in [4.78, 5) is 4.69. The predicted molar refractivity (Wildman–Crippen MR) is 132 cm³/mol. The van der Waals surface area contributed by atoms with Gasteiger partial charge in [0.25, 0.3) is 0 Å². The number of aromatic nitrogens is 2. The first-order valence-corrected chi connectivity index (χ1v) is 10.8. The largest absolute Gasteiger partial charge is 0.343 e. The molecule has 0 aliphatic heterocycles. The van der Waals surface area contributed by atoms with E-state index in [4.69, 9.17) is 21.8 Å². The van der Waals surface area contributed by atoms with Gasteiger partial charge in [0.1, 0.15) is 0 Å². The minimum atomic E-state index is 0.427. The van der Waals surface area contributed by atoms with Gasteiger partial charge in [-0.1, -0.05) is 60.1 Å². The molecule has 3 aromatic carbocycles. The van der Waals surface area contributed by atoms with Gasteiger partial charge in [0, 0.05) is 28.7 Å². The highest BCUT2D eigenvalue weighted by Crippen LogP contribution is 2.21. The second-order valence-corrected chi connectivity index (χ2v) is 8.26. The van der Waals surface area contributed by atoms with Crippen LogP contribution in [0.1, 0.15) is 22.4 Å². The zero-order valence-corrected chi connectivity index (χ0v) is 18.1. The molecule has 5 rings (SSSR count). The van der Waals surface area contributed by atoms with Gasteiger partial charge in [0.05, 0.1) is 23.7 Å². The van der Waals surface area contributed by atoms with Crippen LogP contribution in [0.2, 0.25) is 5.02 Å². The second-order valence-electron chi connectivity index (χ2n) is 7.82. The van der Waals surface area contributed by atoms with E-state index in [2.05, 4.69) is 71.4 Å². The molecule has 4 heteroatoms. The van der Waals surface area contributed by atoms with E-state index < -0.39 is 0 Å². The highest BCUT2D eigenvalue weighted by molar-refractivity contribution is 6.31. The Morgan fingerprint density at radius 3 is 2.66 bits per heavy atom. The summed E-state index contributed by atoms with van der Waals surface area (Å²) in [7, 11) is 0. The summed E-state index contributed by atoms with van der Waals surface area (Å²) in [5.41, 5.74) is 6.32. The maximum atomic E-state index is 9.00. The smallest absolute Gasteiger partial charge is 0.0724 e. The first kappa shape index (κ1) is 20.1. The Labute approximate surface area is 191 Å². The molecule has 0 radical (unpaired) electrons. The third-order valence-corrected chi connectivity index (χ3v) is 5.78. The molecule has 3 nitrogen and oxygen atoms in total. The molecular formula is C28H20ClN3. The zero-order valence-electron chi connectivity index (χ0n) is 17.4. The number of rotatable bonds is 5. The second kappa shape index (κ2) is 8.70. The SMILES string of the molecule is N#CCc1ccc2ccn(Cc3cccc(/C=C/c4ccc5ccc(Cl)cc5n4)c3)c2c1. The molecule has 0 unspecified atom stereocenters. The van der Waals surface area contributed by atoms with Gasteiger partial charge in [-0.25, -0.2) is 4.98 Å². The van der Waals surface area contributed by atoms with Crippen LogP contribution in [0, 0.1) is 11.3 Å². The minimum absolute atomic E-state index is 0.427. The van der Waals surface area contributed by atoms with Crippen molar-refractivity contribution < 1.29 is 0 Å². The third-order valence-electron chi connectivity index (χ3n) is 5.55. The zero-order chi connectivity index (χ0) is 21.9. The monoisotopic (exact) mass is 433 g/mol. The van der Waals surface area contributed by atoms with E-state index in [0.29, 0.717) is 11.4 Å². The Kier molecular flexibility index (Phi) is 5.46. The molecule has 2 aromatic heterocycles. The molecule has 2 heterocycles. The fourth-order valence-corrected chi connectivity index (χ4v) is 4.11. The van der Waals surface area contributed by atoms with Gasteiger partial charge in [-0.3, -0.25) is 0 Å². The average molecular weight is 434 g/mol. The maximum absolute atomic E-state index is 9.00. The molecule has 0 aliphatic carbocycles. The van der Waals surface area contributed by atoms with Crippen LogP contribution in [0.15, 0.2) is 85.1 Å². The van der Waals surface area contributed by atoms with E-state index in [1.54, 1.807) is 0 Å². The molecule has 0 aliphatic rings. The standard InChI is InChI=1S/C28H20ClN3/c29-25-9-7-23-8-11-26(31-27(23)18-25)10-5-20-2-1-3-22(16-20)19-32-15-13-24-6-4-21(12-14-30)17-28(24)32/h1-11,13,15-18H,12,19H2/b10-5+. The first-order chi connectivity index (χ1) is 15.7. The van der Waals surface area contributed by atoms with Gasteiger partial charge in [0.15, 0.2) is 0 Å². The predicted octanol–water partition coefficient (Wildman–Crippen LogP) is 7.13. The number of hydrogen-bond acceptors (Lipinski definition) is 2. The Hall–Kier alpha value is -3.87. The number of pyridine rings is 1. The average Bonchev–Trinajstić information content (AvgIpc) is 3.20. The van der Waals surface area contributed by atoms with Crippen molar-refractivity contribution in [1.29, 1.82) is 5.26 Å². The highest BCUT2D eigenvalue weighted by Gasteiger charge is 2.04. The van der Waals surface area contributed by atoms with Gasteiger partial charge in [-0.2, -0.15) is 5.26 Å². The summed E-state index contributed by atoms with van der Waals surface area (Å²) in [6.07, 6.45) is 6.64. The highest BCUT2D eigenvalue weighted by atomic mass is 35.5. The summed E-state index contributed by atoms with van der Waals surface area (Å²) in [5, 5.41) is 12.0. The van der Waals surface area contributed by atoms with Crippen LogP contribution in [-0.2, 0) is 13.0 Å². The molecule has 0 saturated heterocycles. The van der Waals surface area contributed by atoms with Gasteiger partial charge >= 0.3 is 0 Å². The molecule has 0 spiro atoms. The summed E-state index contributed by atoms with van der Waals surface area (Å²) >= 11 is 6.11. The lowest BCUT2D eigenvalue weighted by Crippen LogP contribution is -1.98. The fraction of sp³-hybridized carbons (Fsp3) is 0.0714. The Bertz CT molecular complexity index is 1500. The number of nitriles is 1. The van der Waals surface area contributed by atoms with Crippen molar-refractivity contribution >= 4 is 45.6 Å².